The zero-order chi connectivity index (χ0) is 26.4. The second-order valence-corrected chi connectivity index (χ2v) is 9.84. The zero-order valence-corrected chi connectivity index (χ0v) is 20.6. The summed E-state index contributed by atoms with van der Waals surface area (Å²) in [6.45, 7) is 1.45. The van der Waals surface area contributed by atoms with E-state index in [1.165, 1.54) is 13.0 Å². The molecule has 0 aromatic heterocycles. The molecule has 0 spiro atoms. The van der Waals surface area contributed by atoms with Gasteiger partial charge in [-0.25, -0.2) is 0 Å². The molecule has 6 atom stereocenters. The van der Waals surface area contributed by atoms with Crippen LogP contribution < -0.4 is 9.47 Å². The standard InChI is InChI=1S/C30H26O8/c1-16(31)26-29-24(15-25(34)38-29)37-30(26)28(18-10-6-3-7-11-18)35-19-12-20(32)27-21(33)14-22(36-23(27)13-19)17-8-4-2-5-9-17/h2-13,22,24,26,28-30,32H,14-15H2,1H3/t22-,24+,26-,28+,29-,30-/m0/s1. The van der Waals surface area contributed by atoms with Crippen molar-refractivity contribution in [1.82, 2.24) is 0 Å². The van der Waals surface area contributed by atoms with Crippen LogP contribution in [0.2, 0.25) is 0 Å². The molecule has 8 heteroatoms. The maximum absolute atomic E-state index is 12.9. The minimum atomic E-state index is -0.768. The lowest BCUT2D eigenvalue weighted by molar-refractivity contribution is -0.146. The molecule has 0 unspecified atom stereocenters. The molecular formula is C30H26O8. The molecule has 2 fully saturated rings. The Bertz CT molecular complexity index is 1390. The van der Waals surface area contributed by atoms with Crippen LogP contribution in [0.5, 0.6) is 17.2 Å². The van der Waals surface area contributed by atoms with Crippen molar-refractivity contribution in [3.8, 4) is 17.2 Å². The Kier molecular flexibility index (Phi) is 6.12. The number of ether oxygens (including phenoxy) is 4. The monoisotopic (exact) mass is 514 g/mol. The lowest BCUT2D eigenvalue weighted by Gasteiger charge is -2.30. The Morgan fingerprint density at radius 3 is 2.39 bits per heavy atom. The second-order valence-electron chi connectivity index (χ2n) is 9.84. The SMILES string of the molecule is CC(=O)[C@H]1[C@H]2OC(=O)C[C@H]2O[C@@H]1[C@H](Oc1cc(O)c2c(c1)O[C@H](c1ccccc1)CC2=O)c1ccccc1. The van der Waals surface area contributed by atoms with Gasteiger partial charge in [0.25, 0.3) is 0 Å². The van der Waals surface area contributed by atoms with E-state index in [0.29, 0.717) is 0 Å². The third-order valence-corrected chi connectivity index (χ3v) is 7.35. The zero-order valence-electron chi connectivity index (χ0n) is 20.6. The summed E-state index contributed by atoms with van der Waals surface area (Å²) in [7, 11) is 0. The van der Waals surface area contributed by atoms with Gasteiger partial charge in [-0.2, -0.15) is 0 Å². The predicted octanol–water partition coefficient (Wildman–Crippen LogP) is 4.51. The van der Waals surface area contributed by atoms with Gasteiger partial charge in [-0.3, -0.25) is 14.4 Å². The van der Waals surface area contributed by atoms with Crippen LogP contribution in [0, 0.1) is 5.92 Å². The number of benzene rings is 3. The Balaban J connectivity index is 1.35. The number of Topliss-reactive ketones (excluding diaryl/α,β-unsaturated/α-hetero) is 2. The summed E-state index contributed by atoms with van der Waals surface area (Å²) in [5.41, 5.74) is 1.71. The molecule has 3 heterocycles. The summed E-state index contributed by atoms with van der Waals surface area (Å²) >= 11 is 0. The van der Waals surface area contributed by atoms with Crippen LogP contribution in [0.4, 0.5) is 0 Å². The molecule has 0 bridgehead atoms. The number of ketones is 2. The van der Waals surface area contributed by atoms with Gasteiger partial charge in [-0.05, 0) is 18.1 Å². The number of phenolic OH excluding ortho intramolecular Hbond substituents is 1. The summed E-state index contributed by atoms with van der Waals surface area (Å²) in [4.78, 5) is 37.5. The van der Waals surface area contributed by atoms with Gasteiger partial charge in [0.15, 0.2) is 11.9 Å². The molecule has 0 radical (unpaired) electrons. The first-order valence-corrected chi connectivity index (χ1v) is 12.6. The third-order valence-electron chi connectivity index (χ3n) is 7.35. The first-order valence-electron chi connectivity index (χ1n) is 12.6. The number of hydrogen-bond acceptors (Lipinski definition) is 8. The first-order chi connectivity index (χ1) is 18.4. The Hall–Kier alpha value is -4.17. The number of rotatable bonds is 6. The highest BCUT2D eigenvalue weighted by atomic mass is 16.6. The van der Waals surface area contributed by atoms with E-state index >= 15 is 0 Å². The van der Waals surface area contributed by atoms with Crippen molar-refractivity contribution in [2.75, 3.05) is 0 Å². The van der Waals surface area contributed by atoms with E-state index in [2.05, 4.69) is 0 Å². The van der Waals surface area contributed by atoms with Gasteiger partial charge < -0.3 is 24.1 Å². The average molecular weight is 515 g/mol. The predicted molar refractivity (Wildman–Crippen MR) is 134 cm³/mol. The van der Waals surface area contributed by atoms with Crippen LogP contribution in [0.3, 0.4) is 0 Å². The van der Waals surface area contributed by atoms with E-state index in [4.69, 9.17) is 18.9 Å². The van der Waals surface area contributed by atoms with Crippen LogP contribution in [0.25, 0.3) is 0 Å². The molecule has 8 nitrogen and oxygen atoms in total. The van der Waals surface area contributed by atoms with Crippen LogP contribution >= 0.6 is 0 Å². The summed E-state index contributed by atoms with van der Waals surface area (Å²) in [6, 6.07) is 21.6. The number of aromatic hydroxyl groups is 1. The fourth-order valence-electron chi connectivity index (χ4n) is 5.63. The van der Waals surface area contributed by atoms with Gasteiger partial charge in [0.05, 0.1) is 18.8 Å². The van der Waals surface area contributed by atoms with Gasteiger partial charge >= 0.3 is 5.97 Å². The van der Waals surface area contributed by atoms with Crippen molar-refractivity contribution >= 4 is 17.5 Å². The van der Waals surface area contributed by atoms with Crippen molar-refractivity contribution < 1.29 is 38.4 Å². The Morgan fingerprint density at radius 1 is 0.974 bits per heavy atom. The average Bonchev–Trinajstić information content (AvgIpc) is 3.43. The van der Waals surface area contributed by atoms with E-state index in [1.807, 2.05) is 60.7 Å². The fraction of sp³-hybridized carbons (Fsp3) is 0.300. The molecule has 0 amide bonds. The van der Waals surface area contributed by atoms with E-state index < -0.39 is 42.4 Å². The summed E-state index contributed by atoms with van der Waals surface area (Å²) < 4.78 is 24.2. The van der Waals surface area contributed by atoms with E-state index in [-0.39, 0.29) is 47.2 Å². The van der Waals surface area contributed by atoms with Crippen LogP contribution in [-0.2, 0) is 19.1 Å². The highest BCUT2D eigenvalue weighted by molar-refractivity contribution is 6.02. The lowest BCUT2D eigenvalue weighted by Crippen LogP contribution is -2.37. The molecular weight excluding hydrogens is 488 g/mol. The van der Waals surface area contributed by atoms with Crippen LogP contribution in [0.15, 0.2) is 72.8 Å². The number of carbonyl (C=O) groups excluding carboxylic acids is 3. The molecule has 38 heavy (non-hydrogen) atoms. The van der Waals surface area contributed by atoms with Crippen molar-refractivity contribution in [3.63, 3.8) is 0 Å². The molecule has 0 saturated carbocycles. The smallest absolute Gasteiger partial charge is 0.308 e. The fourth-order valence-corrected chi connectivity index (χ4v) is 5.63. The van der Waals surface area contributed by atoms with E-state index in [0.717, 1.165) is 11.1 Å². The quantitative estimate of drug-likeness (QED) is 0.479. The second kappa shape index (κ2) is 9.61. The summed E-state index contributed by atoms with van der Waals surface area (Å²) in [6.07, 6.45) is -3.04. The Labute approximate surface area is 219 Å². The number of esters is 1. The highest BCUT2D eigenvalue weighted by Gasteiger charge is 2.56. The molecule has 0 aliphatic carbocycles. The summed E-state index contributed by atoms with van der Waals surface area (Å²) in [5.74, 6) is -1.29. The summed E-state index contributed by atoms with van der Waals surface area (Å²) in [5, 5.41) is 10.8. The number of phenols is 1. The van der Waals surface area contributed by atoms with Gasteiger partial charge in [0.1, 0.15) is 53.0 Å². The normalized spacial score (nSPS) is 26.6. The maximum atomic E-state index is 12.9. The van der Waals surface area contributed by atoms with Crippen molar-refractivity contribution in [2.45, 2.75) is 50.3 Å². The lowest BCUT2D eigenvalue weighted by atomic mass is 9.87. The highest BCUT2D eigenvalue weighted by Crippen LogP contribution is 2.46. The third kappa shape index (κ3) is 4.31. The van der Waals surface area contributed by atoms with Gasteiger partial charge in [0.2, 0.25) is 0 Å². The van der Waals surface area contributed by atoms with E-state index in [1.54, 1.807) is 6.07 Å². The minimum Gasteiger partial charge on any atom is -0.507 e. The van der Waals surface area contributed by atoms with Gasteiger partial charge in [-0.1, -0.05) is 60.7 Å². The van der Waals surface area contributed by atoms with E-state index in [9.17, 15) is 19.5 Å². The molecule has 3 aliphatic rings. The van der Waals surface area contributed by atoms with Gasteiger partial charge in [0, 0.05) is 12.1 Å². The largest absolute Gasteiger partial charge is 0.507 e. The number of hydrogen-bond donors (Lipinski definition) is 1. The number of carbonyl (C=O) groups is 3. The molecule has 194 valence electrons. The maximum Gasteiger partial charge on any atom is 0.308 e. The Morgan fingerprint density at radius 2 is 1.68 bits per heavy atom. The van der Waals surface area contributed by atoms with Crippen LogP contribution in [0.1, 0.15) is 53.5 Å². The van der Waals surface area contributed by atoms with Crippen molar-refractivity contribution in [2.24, 2.45) is 5.92 Å². The first kappa shape index (κ1) is 24.2. The minimum absolute atomic E-state index is 0.0723. The molecule has 3 aromatic carbocycles. The molecule has 3 aliphatic heterocycles. The molecule has 2 saturated heterocycles. The molecule has 6 rings (SSSR count). The molecule has 1 N–H and O–H groups in total. The molecule has 3 aromatic rings. The van der Waals surface area contributed by atoms with Crippen LogP contribution in [-0.4, -0.2) is 41.0 Å². The number of fused-ring (bicyclic) bond motifs is 2. The van der Waals surface area contributed by atoms with Gasteiger partial charge in [-0.15, -0.1) is 0 Å². The van der Waals surface area contributed by atoms with Crippen molar-refractivity contribution in [1.29, 1.82) is 0 Å². The van der Waals surface area contributed by atoms with Crippen molar-refractivity contribution in [3.05, 3.63) is 89.5 Å². The topological polar surface area (TPSA) is 108 Å².